The number of aliphatic hydroxyl groups excluding tert-OH is 1. The molecule has 0 aliphatic heterocycles. The number of hydrogen-bond donors (Lipinski definition) is 2. The highest BCUT2D eigenvalue weighted by Crippen LogP contribution is 2.51. The molecule has 0 saturated heterocycles. The summed E-state index contributed by atoms with van der Waals surface area (Å²) in [6.45, 7) is 2.56. The molecule has 1 atom stereocenters. The van der Waals surface area contributed by atoms with Crippen LogP contribution in [0.15, 0.2) is 59.5 Å². The van der Waals surface area contributed by atoms with E-state index in [4.69, 9.17) is 16.0 Å². The number of oxazole rings is 1. The molecule has 0 saturated carbocycles. The molecule has 0 fully saturated rings. The summed E-state index contributed by atoms with van der Waals surface area (Å²) in [4.78, 5) is 4.24. The molecule has 192 valence electrons. The molecule has 4 aromatic rings. The Morgan fingerprint density at radius 3 is 2.19 bits per heavy atom. The second-order valence-corrected chi connectivity index (χ2v) is 8.83. The van der Waals surface area contributed by atoms with E-state index >= 15 is 0 Å². The van der Waals surface area contributed by atoms with Crippen molar-refractivity contribution in [3.63, 3.8) is 0 Å². The van der Waals surface area contributed by atoms with Crippen molar-refractivity contribution in [3.05, 3.63) is 88.2 Å². The third-order valence-electron chi connectivity index (χ3n) is 6.51. The normalized spacial score (nSPS) is 14.9. The van der Waals surface area contributed by atoms with Gasteiger partial charge in [-0.25, -0.2) is 4.98 Å². The van der Waals surface area contributed by atoms with Gasteiger partial charge in [-0.2, -0.15) is 26.3 Å². The molecule has 0 amide bonds. The number of rotatable bonds is 5. The van der Waals surface area contributed by atoms with Gasteiger partial charge in [0.25, 0.3) is 5.60 Å². The standard InChI is InChI=1S/C24H19ClF6N2O3/c1-13-16(10-34)15-9-14(22(35,23(26,27)28)24(29,30)31)7-8-19(15)33(13)21(2,20-11-36-12-32-20)17-5-3-4-6-18(17)25/h3-9,11-12,34-35H,10H2,1-2H3. The zero-order valence-electron chi connectivity index (χ0n) is 18.7. The third-order valence-corrected chi connectivity index (χ3v) is 6.84. The molecule has 0 radical (unpaired) electrons. The summed E-state index contributed by atoms with van der Waals surface area (Å²) in [5.74, 6) is 0. The number of halogens is 7. The Bertz CT molecular complexity index is 1400. The van der Waals surface area contributed by atoms with Gasteiger partial charge in [-0.05, 0) is 32.0 Å². The monoisotopic (exact) mass is 532 g/mol. The zero-order chi connectivity index (χ0) is 26.7. The Morgan fingerprint density at radius 2 is 1.67 bits per heavy atom. The van der Waals surface area contributed by atoms with Gasteiger partial charge in [0, 0.05) is 38.3 Å². The molecule has 2 heterocycles. The van der Waals surface area contributed by atoms with Gasteiger partial charge < -0.3 is 19.2 Å². The van der Waals surface area contributed by atoms with Gasteiger partial charge >= 0.3 is 12.4 Å². The van der Waals surface area contributed by atoms with Crippen molar-refractivity contribution in [2.24, 2.45) is 0 Å². The smallest absolute Gasteiger partial charge is 0.430 e. The van der Waals surface area contributed by atoms with Crippen molar-refractivity contribution in [1.29, 1.82) is 0 Å². The third kappa shape index (κ3) is 3.60. The van der Waals surface area contributed by atoms with Gasteiger partial charge in [0.1, 0.15) is 17.5 Å². The van der Waals surface area contributed by atoms with Crippen LogP contribution in [-0.4, -0.2) is 32.1 Å². The summed E-state index contributed by atoms with van der Waals surface area (Å²) in [6, 6.07) is 8.91. The van der Waals surface area contributed by atoms with E-state index in [1.54, 1.807) is 42.7 Å². The SMILES string of the molecule is Cc1c(CO)c2cc(C(O)(C(F)(F)F)C(F)(F)F)ccc2n1C(C)(c1cocn1)c1ccccc1Cl. The van der Waals surface area contributed by atoms with E-state index in [9.17, 15) is 36.6 Å². The van der Waals surface area contributed by atoms with Crippen LogP contribution in [0.1, 0.15) is 35.0 Å². The van der Waals surface area contributed by atoms with Crippen LogP contribution in [0.2, 0.25) is 5.02 Å². The molecule has 36 heavy (non-hydrogen) atoms. The fourth-order valence-electron chi connectivity index (χ4n) is 4.65. The molecular weight excluding hydrogens is 514 g/mol. The molecular formula is C24H19ClF6N2O3. The van der Waals surface area contributed by atoms with Crippen molar-refractivity contribution in [2.75, 3.05) is 0 Å². The van der Waals surface area contributed by atoms with Crippen molar-refractivity contribution in [1.82, 2.24) is 9.55 Å². The van der Waals surface area contributed by atoms with E-state index in [1.807, 2.05) is 0 Å². The number of hydrogen-bond acceptors (Lipinski definition) is 4. The van der Waals surface area contributed by atoms with Crippen LogP contribution in [0.25, 0.3) is 10.9 Å². The lowest BCUT2D eigenvalue weighted by Crippen LogP contribution is -2.53. The summed E-state index contributed by atoms with van der Waals surface area (Å²) >= 11 is 6.50. The lowest BCUT2D eigenvalue weighted by atomic mass is 9.87. The Labute approximate surface area is 205 Å². The van der Waals surface area contributed by atoms with Gasteiger partial charge in [-0.15, -0.1) is 0 Å². The number of aliphatic hydroxyl groups is 2. The molecule has 2 N–H and O–H groups in total. The summed E-state index contributed by atoms with van der Waals surface area (Å²) in [7, 11) is 0. The lowest BCUT2D eigenvalue weighted by molar-refractivity contribution is -0.376. The van der Waals surface area contributed by atoms with Crippen molar-refractivity contribution >= 4 is 22.5 Å². The van der Waals surface area contributed by atoms with E-state index in [2.05, 4.69) is 4.98 Å². The highest BCUT2D eigenvalue weighted by atomic mass is 35.5. The van der Waals surface area contributed by atoms with E-state index in [0.29, 0.717) is 34.1 Å². The molecule has 2 aromatic heterocycles. The minimum atomic E-state index is -6.05. The van der Waals surface area contributed by atoms with E-state index in [0.717, 1.165) is 6.07 Å². The predicted octanol–water partition coefficient (Wildman–Crippen LogP) is 6.21. The molecule has 5 nitrogen and oxygen atoms in total. The maximum atomic E-state index is 13.5. The van der Waals surface area contributed by atoms with Crippen LogP contribution in [0, 0.1) is 6.92 Å². The van der Waals surface area contributed by atoms with Crippen LogP contribution in [0.5, 0.6) is 0 Å². The zero-order valence-corrected chi connectivity index (χ0v) is 19.5. The van der Waals surface area contributed by atoms with Gasteiger partial charge in [0.15, 0.2) is 6.39 Å². The van der Waals surface area contributed by atoms with E-state index in [1.165, 1.54) is 12.7 Å². The second-order valence-electron chi connectivity index (χ2n) is 8.42. The minimum Gasteiger partial charge on any atom is -0.451 e. The average Bonchev–Trinajstić information content (AvgIpc) is 3.43. The molecule has 4 rings (SSSR count). The molecule has 0 aliphatic carbocycles. The van der Waals surface area contributed by atoms with Crippen LogP contribution in [-0.2, 0) is 17.7 Å². The van der Waals surface area contributed by atoms with Crippen LogP contribution in [0.4, 0.5) is 26.3 Å². The molecule has 0 bridgehead atoms. The molecule has 2 aromatic carbocycles. The number of alkyl halides is 6. The maximum Gasteiger partial charge on any atom is 0.430 e. The fraction of sp³-hybridized carbons (Fsp3) is 0.292. The quantitative estimate of drug-likeness (QED) is 0.300. The highest BCUT2D eigenvalue weighted by Gasteiger charge is 2.71. The van der Waals surface area contributed by atoms with Crippen LogP contribution in [0.3, 0.4) is 0 Å². The highest BCUT2D eigenvalue weighted by molar-refractivity contribution is 6.31. The van der Waals surface area contributed by atoms with Crippen LogP contribution < -0.4 is 0 Å². The Morgan fingerprint density at radius 1 is 1.03 bits per heavy atom. The van der Waals surface area contributed by atoms with Gasteiger partial charge in [-0.1, -0.05) is 35.9 Å². The first kappa shape index (κ1) is 26.1. The number of benzene rings is 2. The summed E-state index contributed by atoms with van der Waals surface area (Å²) in [6.07, 6.45) is -9.59. The molecule has 1 unspecified atom stereocenters. The largest absolute Gasteiger partial charge is 0.451 e. The minimum absolute atomic E-state index is 0.0697. The Balaban J connectivity index is 2.10. The Kier molecular flexibility index (Phi) is 6.17. The first-order valence-corrected chi connectivity index (χ1v) is 10.8. The topological polar surface area (TPSA) is 71.4 Å². The fourth-order valence-corrected chi connectivity index (χ4v) is 4.97. The predicted molar refractivity (Wildman–Crippen MR) is 118 cm³/mol. The van der Waals surface area contributed by atoms with Crippen molar-refractivity contribution in [2.45, 2.75) is 43.9 Å². The van der Waals surface area contributed by atoms with Crippen molar-refractivity contribution in [3.8, 4) is 0 Å². The van der Waals surface area contributed by atoms with Crippen molar-refractivity contribution < 1.29 is 41.0 Å². The summed E-state index contributed by atoms with van der Waals surface area (Å²) in [5, 5.41) is 20.2. The number of nitrogens with zero attached hydrogens (tertiary/aromatic N) is 2. The lowest BCUT2D eigenvalue weighted by Gasteiger charge is -2.34. The van der Waals surface area contributed by atoms with Gasteiger partial charge in [0.2, 0.25) is 0 Å². The number of fused-ring (bicyclic) bond motifs is 1. The van der Waals surface area contributed by atoms with Crippen LogP contribution >= 0.6 is 11.6 Å². The summed E-state index contributed by atoms with van der Waals surface area (Å²) < 4.78 is 88.0. The molecule has 0 aliphatic rings. The van der Waals surface area contributed by atoms with Gasteiger partial charge in [-0.3, -0.25) is 0 Å². The second kappa shape index (κ2) is 8.53. The van der Waals surface area contributed by atoms with E-state index < -0.39 is 35.7 Å². The first-order valence-electron chi connectivity index (χ1n) is 10.4. The maximum absolute atomic E-state index is 13.5. The van der Waals surface area contributed by atoms with E-state index in [-0.39, 0.29) is 16.5 Å². The Hall–Kier alpha value is -3.02. The first-order chi connectivity index (χ1) is 16.7. The summed E-state index contributed by atoms with van der Waals surface area (Å²) in [5.41, 5.74) is -6.37. The molecule has 0 spiro atoms. The van der Waals surface area contributed by atoms with Gasteiger partial charge in [0.05, 0.1) is 6.61 Å². The average molecular weight is 533 g/mol. The molecule has 12 heteroatoms. The number of aromatic nitrogens is 2.